The predicted octanol–water partition coefficient (Wildman–Crippen LogP) is 5.22. The molecule has 1 aromatic heterocycles. The lowest BCUT2D eigenvalue weighted by Crippen LogP contribution is -2.31. The average Bonchev–Trinajstić information content (AvgIpc) is 3.03. The molecular formula is C28H29NO6. The van der Waals surface area contributed by atoms with E-state index in [0.717, 1.165) is 11.1 Å². The molecule has 0 atom stereocenters. The summed E-state index contributed by atoms with van der Waals surface area (Å²) in [5.41, 5.74) is 3.25. The van der Waals surface area contributed by atoms with Crippen LogP contribution in [0.25, 0.3) is 11.0 Å². The van der Waals surface area contributed by atoms with Gasteiger partial charge in [-0.1, -0.05) is 27.7 Å². The van der Waals surface area contributed by atoms with Gasteiger partial charge >= 0.3 is 11.6 Å². The summed E-state index contributed by atoms with van der Waals surface area (Å²) >= 11 is 0. The van der Waals surface area contributed by atoms with E-state index in [1.807, 2.05) is 32.9 Å². The zero-order valence-electron chi connectivity index (χ0n) is 20.6. The molecule has 0 N–H and O–H groups in total. The largest absolute Gasteiger partial charge is 0.457 e. The zero-order valence-corrected chi connectivity index (χ0v) is 20.6. The quantitative estimate of drug-likeness (QED) is 0.264. The van der Waals surface area contributed by atoms with E-state index in [9.17, 15) is 19.2 Å². The monoisotopic (exact) mass is 475 g/mol. The topological polar surface area (TPSA) is 93.9 Å². The maximum absolute atomic E-state index is 12.8. The molecule has 2 amide bonds. The average molecular weight is 476 g/mol. The van der Waals surface area contributed by atoms with Gasteiger partial charge in [0.15, 0.2) is 0 Å². The van der Waals surface area contributed by atoms with Gasteiger partial charge in [0.05, 0.1) is 16.7 Å². The third-order valence-corrected chi connectivity index (χ3v) is 6.33. The number of fused-ring (bicyclic) bond motifs is 2. The summed E-state index contributed by atoms with van der Waals surface area (Å²) in [5, 5.41) is 0.710. The molecule has 3 aromatic rings. The van der Waals surface area contributed by atoms with E-state index in [1.165, 1.54) is 29.2 Å². The van der Waals surface area contributed by atoms with Crippen LogP contribution in [-0.4, -0.2) is 29.2 Å². The molecule has 0 saturated heterocycles. The van der Waals surface area contributed by atoms with Gasteiger partial charge in [0.2, 0.25) is 0 Å². The highest BCUT2D eigenvalue weighted by Gasteiger charge is 2.35. The number of hydrogen-bond acceptors (Lipinski definition) is 6. The molecule has 0 saturated carbocycles. The van der Waals surface area contributed by atoms with Gasteiger partial charge in [-0.2, -0.15) is 0 Å². The van der Waals surface area contributed by atoms with E-state index in [2.05, 4.69) is 13.8 Å². The highest BCUT2D eigenvalue weighted by molar-refractivity contribution is 6.21. The van der Waals surface area contributed by atoms with Crippen molar-refractivity contribution in [3.05, 3.63) is 80.2 Å². The Kier molecular flexibility index (Phi) is 6.61. The molecule has 0 radical (unpaired) electrons. The molecule has 0 spiro atoms. The Morgan fingerprint density at radius 2 is 1.69 bits per heavy atom. The summed E-state index contributed by atoms with van der Waals surface area (Å²) in [5.74, 6) is -0.769. The van der Waals surface area contributed by atoms with Crippen LogP contribution in [0.2, 0.25) is 0 Å². The zero-order chi connectivity index (χ0) is 25.4. The second kappa shape index (κ2) is 9.49. The number of aryl methyl sites for hydroxylation is 1. The SMILES string of the molecule is Cc1cc2oc(=O)cc(COC(=O)c3ccc4c(c3)C(=O)N(CCC(C)C)C4=O)c2cc1C(C)C. The number of hydrogen-bond donors (Lipinski definition) is 0. The molecule has 7 heteroatoms. The van der Waals surface area contributed by atoms with E-state index >= 15 is 0 Å². The first-order chi connectivity index (χ1) is 16.6. The smallest absolute Gasteiger partial charge is 0.338 e. The Morgan fingerprint density at radius 1 is 0.971 bits per heavy atom. The number of nitrogens with zero attached hydrogens (tertiary/aromatic N) is 1. The fourth-order valence-corrected chi connectivity index (χ4v) is 4.37. The van der Waals surface area contributed by atoms with Crippen LogP contribution in [0.4, 0.5) is 0 Å². The molecule has 0 fully saturated rings. The minimum Gasteiger partial charge on any atom is -0.457 e. The van der Waals surface area contributed by atoms with Crippen LogP contribution in [0, 0.1) is 12.8 Å². The molecule has 0 unspecified atom stereocenters. The van der Waals surface area contributed by atoms with Crippen molar-refractivity contribution < 1.29 is 23.5 Å². The van der Waals surface area contributed by atoms with E-state index in [1.54, 1.807) is 0 Å². The standard InChI is InChI=1S/C28H29NO6/c1-15(2)8-9-29-26(31)20-7-6-18(11-23(20)27(29)32)28(33)34-14-19-12-25(30)35-24-10-17(5)21(16(3)4)13-22(19)24/h6-7,10-13,15-16H,8-9,14H2,1-5H3. The van der Waals surface area contributed by atoms with Crippen molar-refractivity contribution in [1.29, 1.82) is 0 Å². The van der Waals surface area contributed by atoms with Crippen LogP contribution in [-0.2, 0) is 11.3 Å². The van der Waals surface area contributed by atoms with E-state index in [0.29, 0.717) is 41.0 Å². The summed E-state index contributed by atoms with van der Waals surface area (Å²) in [6.45, 7) is 10.4. The highest BCUT2D eigenvalue weighted by Crippen LogP contribution is 2.28. The molecular weight excluding hydrogens is 446 g/mol. The lowest BCUT2D eigenvalue weighted by Gasteiger charge is -2.14. The van der Waals surface area contributed by atoms with Crippen molar-refractivity contribution in [3.63, 3.8) is 0 Å². The van der Waals surface area contributed by atoms with Crippen molar-refractivity contribution in [3.8, 4) is 0 Å². The minimum absolute atomic E-state index is 0.133. The predicted molar refractivity (Wildman–Crippen MR) is 132 cm³/mol. The van der Waals surface area contributed by atoms with Crippen molar-refractivity contribution in [1.82, 2.24) is 4.90 Å². The van der Waals surface area contributed by atoms with Crippen molar-refractivity contribution in [2.75, 3.05) is 6.54 Å². The first kappa shape index (κ1) is 24.4. The summed E-state index contributed by atoms with van der Waals surface area (Å²) < 4.78 is 10.9. The van der Waals surface area contributed by atoms with Crippen LogP contribution < -0.4 is 5.63 Å². The molecule has 35 heavy (non-hydrogen) atoms. The summed E-state index contributed by atoms with van der Waals surface area (Å²) in [7, 11) is 0. The maximum Gasteiger partial charge on any atom is 0.338 e. The first-order valence-electron chi connectivity index (χ1n) is 11.8. The molecule has 2 heterocycles. The summed E-state index contributed by atoms with van der Waals surface area (Å²) in [4.78, 5) is 51.5. The lowest BCUT2D eigenvalue weighted by molar-refractivity contribution is 0.0473. The number of esters is 1. The number of rotatable bonds is 7. The Balaban J connectivity index is 1.57. The molecule has 182 valence electrons. The summed E-state index contributed by atoms with van der Waals surface area (Å²) in [6, 6.07) is 9.50. The second-order valence-corrected chi connectivity index (χ2v) is 9.73. The minimum atomic E-state index is -0.647. The van der Waals surface area contributed by atoms with Crippen LogP contribution >= 0.6 is 0 Å². The van der Waals surface area contributed by atoms with E-state index in [-0.39, 0.29) is 29.6 Å². The van der Waals surface area contributed by atoms with Crippen molar-refractivity contribution >= 4 is 28.8 Å². The molecule has 1 aliphatic heterocycles. The number of imide groups is 1. The van der Waals surface area contributed by atoms with Crippen LogP contribution in [0.3, 0.4) is 0 Å². The second-order valence-electron chi connectivity index (χ2n) is 9.73. The Hall–Kier alpha value is -3.74. The van der Waals surface area contributed by atoms with Crippen molar-refractivity contribution in [2.24, 2.45) is 5.92 Å². The fourth-order valence-electron chi connectivity index (χ4n) is 4.37. The third-order valence-electron chi connectivity index (χ3n) is 6.33. The van der Waals surface area contributed by atoms with Gasteiger partial charge in [0.25, 0.3) is 11.8 Å². The summed E-state index contributed by atoms with van der Waals surface area (Å²) in [6.07, 6.45) is 0.706. The molecule has 4 rings (SSSR count). The Morgan fingerprint density at radius 3 is 2.37 bits per heavy atom. The fraction of sp³-hybridized carbons (Fsp3) is 0.357. The maximum atomic E-state index is 12.8. The van der Waals surface area contributed by atoms with Gasteiger partial charge in [0, 0.05) is 23.6 Å². The van der Waals surface area contributed by atoms with Gasteiger partial charge in [-0.05, 0) is 66.6 Å². The van der Waals surface area contributed by atoms with Gasteiger partial charge in [-0.25, -0.2) is 9.59 Å². The first-order valence-corrected chi connectivity index (χ1v) is 11.8. The molecule has 0 bridgehead atoms. The number of benzene rings is 2. The molecule has 1 aliphatic rings. The highest BCUT2D eigenvalue weighted by atomic mass is 16.5. The Labute approximate surface area is 203 Å². The van der Waals surface area contributed by atoms with E-state index < -0.39 is 17.5 Å². The number of carbonyl (C=O) groups is 3. The van der Waals surface area contributed by atoms with Gasteiger partial charge < -0.3 is 9.15 Å². The number of amides is 2. The van der Waals surface area contributed by atoms with Gasteiger partial charge in [-0.3, -0.25) is 14.5 Å². The van der Waals surface area contributed by atoms with Gasteiger partial charge in [-0.15, -0.1) is 0 Å². The van der Waals surface area contributed by atoms with Crippen LogP contribution in [0.15, 0.2) is 45.6 Å². The lowest BCUT2D eigenvalue weighted by atomic mass is 9.95. The normalized spacial score (nSPS) is 13.3. The third kappa shape index (κ3) is 4.76. The number of carbonyl (C=O) groups excluding carboxylic acids is 3. The molecule has 7 nitrogen and oxygen atoms in total. The van der Waals surface area contributed by atoms with E-state index in [4.69, 9.17) is 9.15 Å². The van der Waals surface area contributed by atoms with Gasteiger partial charge in [0.1, 0.15) is 12.2 Å². The molecule has 0 aliphatic carbocycles. The van der Waals surface area contributed by atoms with Crippen LogP contribution in [0.1, 0.15) is 87.8 Å². The number of ether oxygens (including phenoxy) is 1. The Bertz CT molecular complexity index is 1400. The van der Waals surface area contributed by atoms with Crippen molar-refractivity contribution in [2.45, 2.75) is 53.6 Å². The van der Waals surface area contributed by atoms with Crippen LogP contribution in [0.5, 0.6) is 0 Å². The molecule has 2 aromatic carbocycles.